The Morgan fingerprint density at radius 2 is 1.33 bits per heavy atom. The molecular formula is C6H11Li2P. The molecule has 0 aliphatic heterocycles. The van der Waals surface area contributed by atoms with Gasteiger partial charge in [0, 0.05) is 0 Å². The number of rotatable bonds is 0. The second-order valence-electron chi connectivity index (χ2n) is 2.29. The molecule has 1 aliphatic carbocycles. The van der Waals surface area contributed by atoms with Gasteiger partial charge in [-0.2, -0.15) is 0 Å². The Morgan fingerprint density at radius 1 is 0.889 bits per heavy atom. The molecule has 9 heavy (non-hydrogen) atoms. The van der Waals surface area contributed by atoms with Gasteiger partial charge < -0.3 is 14.9 Å². The maximum absolute atomic E-state index is 4.36. The van der Waals surface area contributed by atoms with Crippen molar-refractivity contribution in [2.45, 2.75) is 37.8 Å². The van der Waals surface area contributed by atoms with Crippen molar-refractivity contribution in [2.75, 3.05) is 0 Å². The third-order valence-corrected chi connectivity index (χ3v) is 2.09. The van der Waals surface area contributed by atoms with Crippen LogP contribution in [0.1, 0.15) is 32.1 Å². The smallest absolute Gasteiger partial charge is 1.00 e. The molecule has 0 aromatic carbocycles. The van der Waals surface area contributed by atoms with Crippen LogP contribution in [0.4, 0.5) is 0 Å². The molecule has 42 valence electrons. The molecule has 0 nitrogen and oxygen atoms in total. The zero-order valence-electron chi connectivity index (χ0n) is 6.56. The van der Waals surface area contributed by atoms with Crippen molar-refractivity contribution in [3.05, 3.63) is 0 Å². The molecule has 0 radical (unpaired) electrons. The molecule has 0 aromatic rings. The summed E-state index contributed by atoms with van der Waals surface area (Å²) in [5, 5.41) is 0. The normalized spacial score (nSPS) is 19.7. The van der Waals surface area contributed by atoms with Crippen LogP contribution >= 0.6 is 9.24 Å². The average Bonchev–Trinajstić information content (AvgIpc) is 1.69. The van der Waals surface area contributed by atoms with Gasteiger partial charge in [-0.25, -0.2) is 0 Å². The first-order valence-corrected chi connectivity index (χ1v) is 3.59. The average molecular weight is 128 g/mol. The topological polar surface area (TPSA) is 0 Å². The van der Waals surface area contributed by atoms with Gasteiger partial charge in [0.05, 0.1) is 0 Å². The van der Waals surface area contributed by atoms with Crippen LogP contribution in [0, 0.1) is 0 Å². The van der Waals surface area contributed by atoms with E-state index in [1.54, 1.807) is 0 Å². The Morgan fingerprint density at radius 3 is 1.56 bits per heavy atom. The molecule has 1 aliphatic rings. The van der Waals surface area contributed by atoms with Crippen molar-refractivity contribution in [3.63, 3.8) is 0 Å². The molecule has 1 saturated carbocycles. The molecule has 0 amide bonds. The van der Waals surface area contributed by atoms with Crippen molar-refractivity contribution in [3.8, 4) is 0 Å². The molecule has 1 rings (SSSR count). The molecule has 0 saturated heterocycles. The van der Waals surface area contributed by atoms with E-state index in [4.69, 9.17) is 0 Å². The standard InChI is InChI=1S/C6H11P.2Li/c7-6-4-2-1-3-5-6;;/h6H,1-5H2;;/q-2;2*+1. The second kappa shape index (κ2) is 7.73. The summed E-state index contributed by atoms with van der Waals surface area (Å²) in [4.78, 5) is 0. The summed E-state index contributed by atoms with van der Waals surface area (Å²) in [7, 11) is 4.36. The molecule has 0 unspecified atom stereocenters. The first kappa shape index (κ1) is 13.2. The van der Waals surface area contributed by atoms with Crippen molar-refractivity contribution in [2.24, 2.45) is 0 Å². The van der Waals surface area contributed by atoms with E-state index >= 15 is 0 Å². The molecule has 0 atom stereocenters. The van der Waals surface area contributed by atoms with E-state index in [0.717, 1.165) is 5.66 Å². The molecule has 3 heteroatoms. The molecule has 0 bridgehead atoms. The van der Waals surface area contributed by atoms with Gasteiger partial charge in [0.1, 0.15) is 0 Å². The predicted octanol–water partition coefficient (Wildman–Crippen LogP) is -3.26. The summed E-state index contributed by atoms with van der Waals surface area (Å²) >= 11 is 0. The monoisotopic (exact) mass is 128 g/mol. The third kappa shape index (κ3) is 6.04. The molecule has 0 N–H and O–H groups in total. The van der Waals surface area contributed by atoms with Crippen molar-refractivity contribution < 1.29 is 37.7 Å². The second-order valence-corrected chi connectivity index (χ2v) is 3.02. The van der Waals surface area contributed by atoms with E-state index in [-0.39, 0.29) is 37.7 Å². The molecule has 0 spiro atoms. The van der Waals surface area contributed by atoms with Gasteiger partial charge >= 0.3 is 37.7 Å². The Labute approximate surface area is 84.5 Å². The summed E-state index contributed by atoms with van der Waals surface area (Å²) in [5.74, 6) is 0. The summed E-state index contributed by atoms with van der Waals surface area (Å²) in [6.45, 7) is 0. The fourth-order valence-electron chi connectivity index (χ4n) is 1.08. The summed E-state index contributed by atoms with van der Waals surface area (Å²) in [6.07, 6.45) is 6.96. The zero-order chi connectivity index (χ0) is 5.11. The van der Waals surface area contributed by atoms with Gasteiger partial charge in [-0.1, -0.05) is 19.3 Å². The Balaban J connectivity index is 0. The van der Waals surface area contributed by atoms with E-state index < -0.39 is 0 Å². The summed E-state index contributed by atoms with van der Waals surface area (Å²) in [6, 6.07) is 0. The third-order valence-electron chi connectivity index (χ3n) is 1.57. The van der Waals surface area contributed by atoms with Crippen LogP contribution in [0.5, 0.6) is 0 Å². The van der Waals surface area contributed by atoms with Gasteiger partial charge in [-0.3, -0.25) is 0 Å². The zero-order valence-corrected chi connectivity index (χ0v) is 7.45. The Kier molecular flexibility index (Phi) is 11.4. The maximum Gasteiger partial charge on any atom is 1.00 e. The fourth-order valence-corrected chi connectivity index (χ4v) is 1.45. The van der Waals surface area contributed by atoms with Gasteiger partial charge in [-0.15, -0.1) is 12.8 Å². The largest absolute Gasteiger partial charge is 1.49 e. The van der Waals surface area contributed by atoms with Gasteiger partial charge in [0.25, 0.3) is 0 Å². The predicted molar refractivity (Wildman–Crippen MR) is 33.8 cm³/mol. The molecule has 1 fully saturated rings. The quantitative estimate of drug-likeness (QED) is 0.237. The van der Waals surface area contributed by atoms with Crippen molar-refractivity contribution >= 4 is 9.24 Å². The molecular weight excluding hydrogens is 117 g/mol. The first-order chi connectivity index (χ1) is 3.39. The van der Waals surface area contributed by atoms with E-state index in [2.05, 4.69) is 9.24 Å². The van der Waals surface area contributed by atoms with Crippen LogP contribution in [-0.2, 0) is 0 Å². The summed E-state index contributed by atoms with van der Waals surface area (Å²) in [5.41, 5.74) is 0.730. The van der Waals surface area contributed by atoms with E-state index in [1.165, 1.54) is 32.1 Å². The van der Waals surface area contributed by atoms with Crippen LogP contribution in [0.2, 0.25) is 0 Å². The molecule has 0 aromatic heterocycles. The van der Waals surface area contributed by atoms with Gasteiger partial charge in [0.2, 0.25) is 0 Å². The maximum atomic E-state index is 4.36. The summed E-state index contributed by atoms with van der Waals surface area (Å²) < 4.78 is 0. The van der Waals surface area contributed by atoms with E-state index in [1.807, 2.05) is 0 Å². The minimum Gasteiger partial charge on any atom is -1.49 e. The van der Waals surface area contributed by atoms with Gasteiger partial charge in [0.15, 0.2) is 0 Å². The van der Waals surface area contributed by atoms with E-state index in [9.17, 15) is 0 Å². The minimum atomic E-state index is 0. The Bertz CT molecular complexity index is 53.0. The van der Waals surface area contributed by atoms with Gasteiger partial charge in [-0.05, 0) is 0 Å². The van der Waals surface area contributed by atoms with Crippen LogP contribution in [-0.4, -0.2) is 5.66 Å². The van der Waals surface area contributed by atoms with Crippen molar-refractivity contribution in [1.82, 2.24) is 0 Å². The first-order valence-electron chi connectivity index (χ1n) is 3.07. The van der Waals surface area contributed by atoms with E-state index in [0.29, 0.717) is 0 Å². The number of hydrogen-bond donors (Lipinski definition) is 0. The van der Waals surface area contributed by atoms with Crippen LogP contribution in [0.3, 0.4) is 0 Å². The van der Waals surface area contributed by atoms with Crippen molar-refractivity contribution in [1.29, 1.82) is 0 Å². The Hall–Kier alpha value is 1.62. The molecule has 0 heterocycles. The SMILES string of the molecule is [Li+].[Li+].[P-2]C1CCCCC1. The number of hydrogen-bond acceptors (Lipinski definition) is 0. The van der Waals surface area contributed by atoms with Crippen LogP contribution in [0.15, 0.2) is 0 Å². The fraction of sp³-hybridized carbons (Fsp3) is 1.00. The minimum absolute atomic E-state index is 0. The van der Waals surface area contributed by atoms with Crippen LogP contribution < -0.4 is 37.7 Å². The van der Waals surface area contributed by atoms with Crippen LogP contribution in [0.25, 0.3) is 0 Å².